The highest BCUT2D eigenvalue weighted by Crippen LogP contribution is 2.36. The number of fused-ring (bicyclic) bond motifs is 1. The van der Waals surface area contributed by atoms with E-state index in [1.807, 2.05) is 12.1 Å². The average Bonchev–Trinajstić information content (AvgIpc) is 2.48. The summed E-state index contributed by atoms with van der Waals surface area (Å²) in [6.45, 7) is 1.45. The van der Waals surface area contributed by atoms with Gasteiger partial charge in [-0.2, -0.15) is 0 Å². The minimum absolute atomic E-state index is 0.0486. The maximum atomic E-state index is 12.5. The Bertz CT molecular complexity index is 494. The van der Waals surface area contributed by atoms with Gasteiger partial charge in [-0.15, -0.1) is 0 Å². The molecule has 0 spiro atoms. The summed E-state index contributed by atoms with van der Waals surface area (Å²) in [4.78, 5) is 14.3. The third-order valence-electron chi connectivity index (χ3n) is 4.17. The number of carbonyl (C=O) groups is 1. The summed E-state index contributed by atoms with van der Waals surface area (Å²) in [5.41, 5.74) is 1.77. The summed E-state index contributed by atoms with van der Waals surface area (Å²) in [7, 11) is 0. The number of nitrogens with zero attached hydrogens (tertiary/aromatic N) is 1. The van der Waals surface area contributed by atoms with Crippen molar-refractivity contribution in [3.8, 4) is 5.75 Å². The molecule has 2 aliphatic rings. The van der Waals surface area contributed by atoms with Gasteiger partial charge >= 0.3 is 0 Å². The zero-order chi connectivity index (χ0) is 13.9. The number of hydrogen-bond acceptors (Lipinski definition) is 3. The molecule has 3 rings (SSSR count). The Labute approximate surface area is 119 Å². The van der Waals surface area contributed by atoms with Gasteiger partial charge in [0.15, 0.2) is 0 Å². The van der Waals surface area contributed by atoms with E-state index in [0.717, 1.165) is 44.3 Å². The standard InChI is InChI=1S/C16H21NO3/c18-14-8-3-5-12-6-4-9-17(16(12)14)15(19)11-13-7-1-2-10-20-13/h3,5,8,13,18H,1-2,4,6-7,9-11H2. The molecule has 2 heterocycles. The van der Waals surface area contributed by atoms with Crippen LogP contribution in [0.5, 0.6) is 5.75 Å². The highest BCUT2D eigenvalue weighted by atomic mass is 16.5. The second-order valence-electron chi connectivity index (χ2n) is 5.63. The zero-order valence-corrected chi connectivity index (χ0v) is 11.7. The summed E-state index contributed by atoms with van der Waals surface area (Å²) < 4.78 is 5.65. The Kier molecular flexibility index (Phi) is 3.92. The Morgan fingerprint density at radius 2 is 2.25 bits per heavy atom. The Hall–Kier alpha value is -1.55. The third kappa shape index (κ3) is 2.66. The molecule has 0 radical (unpaired) electrons. The van der Waals surface area contributed by atoms with Gasteiger partial charge in [-0.05, 0) is 43.7 Å². The van der Waals surface area contributed by atoms with E-state index in [2.05, 4.69) is 0 Å². The van der Waals surface area contributed by atoms with Crippen LogP contribution in [0.4, 0.5) is 5.69 Å². The monoisotopic (exact) mass is 275 g/mol. The number of hydrogen-bond donors (Lipinski definition) is 1. The van der Waals surface area contributed by atoms with Crippen LogP contribution in [0, 0.1) is 0 Å². The van der Waals surface area contributed by atoms with Crippen LogP contribution < -0.4 is 4.90 Å². The Morgan fingerprint density at radius 1 is 1.35 bits per heavy atom. The molecule has 1 aromatic carbocycles. The van der Waals surface area contributed by atoms with Crippen molar-refractivity contribution in [3.05, 3.63) is 23.8 Å². The summed E-state index contributed by atoms with van der Waals surface area (Å²) in [5.74, 6) is 0.277. The summed E-state index contributed by atoms with van der Waals surface area (Å²) in [5, 5.41) is 10.1. The summed E-state index contributed by atoms with van der Waals surface area (Å²) in [6, 6.07) is 5.49. The second-order valence-corrected chi connectivity index (χ2v) is 5.63. The highest BCUT2D eigenvalue weighted by Gasteiger charge is 2.27. The number of phenols is 1. The minimum Gasteiger partial charge on any atom is -0.506 e. The molecule has 0 bridgehead atoms. The summed E-state index contributed by atoms with van der Waals surface area (Å²) >= 11 is 0. The van der Waals surface area contributed by atoms with Gasteiger partial charge in [-0.1, -0.05) is 12.1 Å². The van der Waals surface area contributed by atoms with Gasteiger partial charge in [0.2, 0.25) is 5.91 Å². The zero-order valence-electron chi connectivity index (χ0n) is 11.7. The molecular weight excluding hydrogens is 254 g/mol. The van der Waals surface area contributed by atoms with E-state index in [0.29, 0.717) is 18.7 Å². The van der Waals surface area contributed by atoms with Gasteiger partial charge < -0.3 is 14.7 Å². The Balaban J connectivity index is 1.76. The molecule has 4 heteroatoms. The maximum absolute atomic E-state index is 12.5. The van der Waals surface area contributed by atoms with E-state index in [-0.39, 0.29) is 17.8 Å². The molecule has 1 aromatic rings. The number of carbonyl (C=O) groups excluding carboxylic acids is 1. The van der Waals surface area contributed by atoms with Gasteiger partial charge in [0.25, 0.3) is 0 Å². The normalized spacial score (nSPS) is 22.4. The van der Waals surface area contributed by atoms with Gasteiger partial charge in [0.05, 0.1) is 18.2 Å². The number of aromatic hydroxyl groups is 1. The van der Waals surface area contributed by atoms with Crippen LogP contribution in [0.1, 0.15) is 37.7 Å². The predicted molar refractivity (Wildman–Crippen MR) is 77.0 cm³/mol. The van der Waals surface area contributed by atoms with Crippen molar-refractivity contribution in [2.45, 2.75) is 44.6 Å². The van der Waals surface area contributed by atoms with Gasteiger partial charge in [0.1, 0.15) is 5.75 Å². The molecular formula is C16H21NO3. The molecule has 20 heavy (non-hydrogen) atoms. The van der Waals surface area contributed by atoms with Crippen LogP contribution in [-0.2, 0) is 16.0 Å². The van der Waals surface area contributed by atoms with Crippen LogP contribution in [0.15, 0.2) is 18.2 Å². The number of phenolic OH excluding ortho intramolecular Hbond substituents is 1. The lowest BCUT2D eigenvalue weighted by molar-refractivity contribution is -0.122. The van der Waals surface area contributed by atoms with Crippen molar-refractivity contribution in [1.82, 2.24) is 0 Å². The lowest BCUT2D eigenvalue weighted by Gasteiger charge is -2.32. The van der Waals surface area contributed by atoms with Gasteiger partial charge in [-0.3, -0.25) is 4.79 Å². The molecule has 1 amide bonds. The van der Waals surface area contributed by atoms with Crippen molar-refractivity contribution >= 4 is 11.6 Å². The van der Waals surface area contributed by atoms with Gasteiger partial charge in [-0.25, -0.2) is 0 Å². The smallest absolute Gasteiger partial charge is 0.229 e. The fourth-order valence-electron chi connectivity index (χ4n) is 3.15. The fraction of sp³-hybridized carbons (Fsp3) is 0.562. The van der Waals surface area contributed by atoms with Crippen LogP contribution in [0.25, 0.3) is 0 Å². The number of aryl methyl sites for hydroxylation is 1. The first-order chi connectivity index (χ1) is 9.75. The number of ether oxygens (including phenoxy) is 1. The van der Waals surface area contributed by atoms with Crippen molar-refractivity contribution in [1.29, 1.82) is 0 Å². The molecule has 1 atom stereocenters. The molecule has 0 saturated carbocycles. The molecule has 0 aliphatic carbocycles. The lowest BCUT2D eigenvalue weighted by Crippen LogP contribution is -2.38. The number of para-hydroxylation sites is 1. The molecule has 108 valence electrons. The van der Waals surface area contributed by atoms with Crippen molar-refractivity contribution in [3.63, 3.8) is 0 Å². The first kappa shape index (κ1) is 13.4. The van der Waals surface area contributed by atoms with Crippen LogP contribution in [-0.4, -0.2) is 30.3 Å². The van der Waals surface area contributed by atoms with Crippen molar-refractivity contribution < 1.29 is 14.6 Å². The topological polar surface area (TPSA) is 49.8 Å². The van der Waals surface area contributed by atoms with E-state index < -0.39 is 0 Å². The molecule has 2 aliphatic heterocycles. The molecule has 1 N–H and O–H groups in total. The van der Waals surface area contributed by atoms with E-state index >= 15 is 0 Å². The first-order valence-electron chi connectivity index (χ1n) is 7.48. The van der Waals surface area contributed by atoms with E-state index in [4.69, 9.17) is 4.74 Å². The van der Waals surface area contributed by atoms with Crippen molar-refractivity contribution in [2.24, 2.45) is 0 Å². The molecule has 0 aromatic heterocycles. The predicted octanol–water partition coefficient (Wildman–Crippen LogP) is 2.63. The second kappa shape index (κ2) is 5.83. The van der Waals surface area contributed by atoms with Crippen LogP contribution in [0.3, 0.4) is 0 Å². The minimum atomic E-state index is 0.0486. The van der Waals surface area contributed by atoms with E-state index in [1.165, 1.54) is 0 Å². The fourth-order valence-corrected chi connectivity index (χ4v) is 3.15. The van der Waals surface area contributed by atoms with Crippen molar-refractivity contribution in [2.75, 3.05) is 18.1 Å². The van der Waals surface area contributed by atoms with E-state index in [1.54, 1.807) is 11.0 Å². The number of benzene rings is 1. The number of rotatable bonds is 2. The lowest BCUT2D eigenvalue weighted by atomic mass is 9.99. The highest BCUT2D eigenvalue weighted by molar-refractivity contribution is 5.96. The first-order valence-corrected chi connectivity index (χ1v) is 7.48. The molecule has 1 fully saturated rings. The number of anilines is 1. The molecule has 4 nitrogen and oxygen atoms in total. The Morgan fingerprint density at radius 3 is 3.05 bits per heavy atom. The molecule has 1 saturated heterocycles. The molecule has 1 unspecified atom stereocenters. The SMILES string of the molecule is O=C(CC1CCCCO1)N1CCCc2cccc(O)c21. The van der Waals surface area contributed by atoms with E-state index in [9.17, 15) is 9.90 Å². The van der Waals surface area contributed by atoms with Crippen LogP contribution >= 0.6 is 0 Å². The maximum Gasteiger partial charge on any atom is 0.229 e. The quantitative estimate of drug-likeness (QED) is 0.902. The van der Waals surface area contributed by atoms with Gasteiger partial charge in [0, 0.05) is 13.2 Å². The number of amides is 1. The third-order valence-corrected chi connectivity index (χ3v) is 4.17. The summed E-state index contributed by atoms with van der Waals surface area (Å²) in [6.07, 6.45) is 5.55. The average molecular weight is 275 g/mol. The van der Waals surface area contributed by atoms with Crippen LogP contribution in [0.2, 0.25) is 0 Å². The largest absolute Gasteiger partial charge is 0.506 e.